The average Bonchev–Trinajstić information content (AvgIpc) is 3.44. The summed E-state index contributed by atoms with van der Waals surface area (Å²) in [6.45, 7) is 3.31. The van der Waals surface area contributed by atoms with E-state index < -0.39 is 0 Å². The number of aliphatic hydroxyl groups is 1. The summed E-state index contributed by atoms with van der Waals surface area (Å²) >= 11 is 0. The molecule has 1 aliphatic heterocycles. The van der Waals surface area contributed by atoms with Gasteiger partial charge in [-0.2, -0.15) is 0 Å². The lowest BCUT2D eigenvalue weighted by Crippen LogP contribution is -2.29. The zero-order valence-corrected chi connectivity index (χ0v) is 18.1. The first-order valence-electron chi connectivity index (χ1n) is 10.7. The molecule has 2 aromatic carbocycles. The maximum atomic E-state index is 12.9. The number of hydrogen-bond acceptors (Lipinski definition) is 4. The van der Waals surface area contributed by atoms with Gasteiger partial charge < -0.3 is 19.3 Å². The van der Waals surface area contributed by atoms with E-state index in [1.54, 1.807) is 13.4 Å². The summed E-state index contributed by atoms with van der Waals surface area (Å²) in [6.07, 6.45) is 4.81. The highest BCUT2D eigenvalue weighted by molar-refractivity contribution is 5.77. The van der Waals surface area contributed by atoms with E-state index in [0.717, 1.165) is 22.7 Å². The van der Waals surface area contributed by atoms with Crippen LogP contribution in [0.3, 0.4) is 0 Å². The number of likely N-dealkylation sites (tertiary alicyclic amines) is 1. The zero-order valence-electron chi connectivity index (χ0n) is 18.1. The Labute approximate surface area is 183 Å². The van der Waals surface area contributed by atoms with Crippen LogP contribution in [0.2, 0.25) is 0 Å². The molecule has 162 valence electrons. The van der Waals surface area contributed by atoms with Crippen LogP contribution in [0.25, 0.3) is 5.69 Å². The minimum Gasteiger partial charge on any atom is -0.495 e. The van der Waals surface area contributed by atoms with Crippen LogP contribution >= 0.6 is 0 Å². The molecule has 6 heteroatoms. The normalized spacial score (nSPS) is 18.4. The Hall–Kier alpha value is -3.12. The van der Waals surface area contributed by atoms with Gasteiger partial charge in [0.15, 0.2) is 0 Å². The van der Waals surface area contributed by atoms with E-state index in [1.807, 2.05) is 59.0 Å². The Morgan fingerprint density at radius 3 is 2.68 bits per heavy atom. The average molecular weight is 420 g/mol. The van der Waals surface area contributed by atoms with Gasteiger partial charge in [0.05, 0.1) is 24.8 Å². The molecule has 1 aromatic heterocycles. The monoisotopic (exact) mass is 419 g/mol. The van der Waals surface area contributed by atoms with E-state index in [-0.39, 0.29) is 24.3 Å². The first-order valence-corrected chi connectivity index (χ1v) is 10.7. The number of rotatable bonds is 7. The minimum atomic E-state index is 0.0874. The number of methoxy groups -OCH3 is 1. The number of nitrogens with zero attached hydrogens (tertiary/aromatic N) is 3. The molecule has 0 bridgehead atoms. The molecule has 0 unspecified atom stereocenters. The highest BCUT2D eigenvalue weighted by Gasteiger charge is 2.35. The second kappa shape index (κ2) is 9.35. The van der Waals surface area contributed by atoms with Gasteiger partial charge in [0, 0.05) is 44.1 Å². The molecule has 1 aliphatic rings. The van der Waals surface area contributed by atoms with Crippen molar-refractivity contribution in [1.82, 2.24) is 14.5 Å². The van der Waals surface area contributed by atoms with Gasteiger partial charge in [-0.3, -0.25) is 4.79 Å². The molecule has 4 rings (SSSR count). The Morgan fingerprint density at radius 2 is 2.00 bits per heavy atom. The zero-order chi connectivity index (χ0) is 21.8. The standard InChI is InChI=1S/C25H29N3O3/c1-18-13-28(17-26-18)23-10-8-19(12-24(23)31-2)9-11-25(30)27-14-21(16-29)22(15-27)20-6-4-3-5-7-20/h3-8,10,12-13,17,21-22,29H,9,11,14-16H2,1-2H3/t21-,22-/m0/s1. The third kappa shape index (κ3) is 4.64. The SMILES string of the molecule is COc1cc(CCC(=O)N2C[C@@H](CO)[C@H](c3ccccc3)C2)ccc1-n1cnc(C)c1. The van der Waals surface area contributed by atoms with Gasteiger partial charge in [-0.1, -0.05) is 36.4 Å². The van der Waals surface area contributed by atoms with Crippen molar-refractivity contribution in [2.45, 2.75) is 25.7 Å². The van der Waals surface area contributed by atoms with Crippen molar-refractivity contribution in [3.8, 4) is 11.4 Å². The Kier molecular flexibility index (Phi) is 6.37. The van der Waals surface area contributed by atoms with E-state index in [0.29, 0.717) is 25.9 Å². The summed E-state index contributed by atoms with van der Waals surface area (Å²) in [5, 5.41) is 9.83. The van der Waals surface area contributed by atoms with E-state index in [4.69, 9.17) is 4.74 Å². The Bertz CT molecular complexity index is 1030. The summed E-state index contributed by atoms with van der Waals surface area (Å²) in [7, 11) is 1.65. The van der Waals surface area contributed by atoms with Crippen LogP contribution in [0.1, 0.15) is 29.2 Å². The van der Waals surface area contributed by atoms with Crippen molar-refractivity contribution in [2.75, 3.05) is 26.8 Å². The molecule has 0 radical (unpaired) electrons. The summed E-state index contributed by atoms with van der Waals surface area (Å²) < 4.78 is 7.51. The smallest absolute Gasteiger partial charge is 0.222 e. The number of aliphatic hydroxyl groups excluding tert-OH is 1. The maximum absolute atomic E-state index is 12.9. The van der Waals surface area contributed by atoms with E-state index >= 15 is 0 Å². The molecular formula is C25H29N3O3. The van der Waals surface area contributed by atoms with Crippen molar-refractivity contribution < 1.29 is 14.6 Å². The Balaban J connectivity index is 1.40. The van der Waals surface area contributed by atoms with E-state index in [9.17, 15) is 9.90 Å². The van der Waals surface area contributed by atoms with Crippen molar-refractivity contribution >= 4 is 5.91 Å². The number of aromatic nitrogens is 2. The quantitative estimate of drug-likeness (QED) is 0.638. The van der Waals surface area contributed by atoms with Gasteiger partial charge >= 0.3 is 0 Å². The molecule has 0 saturated carbocycles. The molecule has 1 saturated heterocycles. The lowest BCUT2D eigenvalue weighted by atomic mass is 9.90. The van der Waals surface area contributed by atoms with Gasteiger partial charge in [-0.15, -0.1) is 0 Å². The largest absolute Gasteiger partial charge is 0.495 e. The lowest BCUT2D eigenvalue weighted by Gasteiger charge is -2.17. The number of ether oxygens (including phenoxy) is 1. The number of benzene rings is 2. The molecule has 6 nitrogen and oxygen atoms in total. The summed E-state index contributed by atoms with van der Waals surface area (Å²) in [6, 6.07) is 16.2. The molecule has 2 atom stereocenters. The highest BCUT2D eigenvalue weighted by Crippen LogP contribution is 2.33. The van der Waals surface area contributed by atoms with Crippen molar-refractivity contribution in [3.05, 3.63) is 77.9 Å². The number of carbonyl (C=O) groups is 1. The van der Waals surface area contributed by atoms with Gasteiger partial charge in [0.2, 0.25) is 5.91 Å². The molecular weight excluding hydrogens is 390 g/mol. The molecule has 0 spiro atoms. The predicted molar refractivity (Wildman–Crippen MR) is 120 cm³/mol. The molecule has 2 heterocycles. The van der Waals surface area contributed by atoms with Gasteiger partial charge in [-0.05, 0) is 36.6 Å². The topological polar surface area (TPSA) is 67.6 Å². The van der Waals surface area contributed by atoms with Gasteiger partial charge in [-0.25, -0.2) is 4.98 Å². The number of hydrogen-bond donors (Lipinski definition) is 1. The fourth-order valence-electron chi connectivity index (χ4n) is 4.39. The first kappa shape index (κ1) is 21.1. The van der Waals surface area contributed by atoms with Gasteiger partial charge in [0.25, 0.3) is 0 Å². The first-order chi connectivity index (χ1) is 15.1. The summed E-state index contributed by atoms with van der Waals surface area (Å²) in [5.74, 6) is 1.16. The predicted octanol–water partition coefficient (Wildman–Crippen LogP) is 3.36. The molecule has 1 amide bonds. The number of aryl methyl sites for hydroxylation is 2. The molecule has 1 fully saturated rings. The Morgan fingerprint density at radius 1 is 1.19 bits per heavy atom. The van der Waals surface area contributed by atoms with Crippen LogP contribution in [-0.2, 0) is 11.2 Å². The highest BCUT2D eigenvalue weighted by atomic mass is 16.5. The number of imidazole rings is 1. The van der Waals surface area contributed by atoms with Crippen LogP contribution in [-0.4, -0.2) is 52.3 Å². The maximum Gasteiger partial charge on any atom is 0.222 e. The molecule has 3 aromatic rings. The van der Waals surface area contributed by atoms with Crippen LogP contribution in [0, 0.1) is 12.8 Å². The summed E-state index contributed by atoms with van der Waals surface area (Å²) in [4.78, 5) is 19.1. The third-order valence-electron chi connectivity index (χ3n) is 6.12. The van der Waals surface area contributed by atoms with Crippen molar-refractivity contribution in [2.24, 2.45) is 5.92 Å². The second-order valence-electron chi connectivity index (χ2n) is 8.19. The van der Waals surface area contributed by atoms with Gasteiger partial charge in [0.1, 0.15) is 5.75 Å². The fraction of sp³-hybridized carbons (Fsp3) is 0.360. The molecule has 0 aliphatic carbocycles. The van der Waals surface area contributed by atoms with E-state index in [1.165, 1.54) is 5.56 Å². The van der Waals surface area contributed by atoms with Crippen molar-refractivity contribution in [3.63, 3.8) is 0 Å². The lowest BCUT2D eigenvalue weighted by molar-refractivity contribution is -0.130. The number of carbonyl (C=O) groups excluding carboxylic acids is 1. The molecule has 31 heavy (non-hydrogen) atoms. The van der Waals surface area contributed by atoms with Crippen LogP contribution in [0.4, 0.5) is 0 Å². The third-order valence-corrected chi connectivity index (χ3v) is 6.12. The van der Waals surface area contributed by atoms with E-state index in [2.05, 4.69) is 17.1 Å². The number of amides is 1. The van der Waals surface area contributed by atoms with Crippen molar-refractivity contribution in [1.29, 1.82) is 0 Å². The summed E-state index contributed by atoms with van der Waals surface area (Å²) in [5.41, 5.74) is 4.11. The minimum absolute atomic E-state index is 0.0874. The van der Waals surface area contributed by atoms with Crippen LogP contribution in [0.5, 0.6) is 5.75 Å². The van der Waals surface area contributed by atoms with Crippen LogP contribution < -0.4 is 4.74 Å². The molecule has 1 N–H and O–H groups in total. The van der Waals surface area contributed by atoms with Crippen LogP contribution in [0.15, 0.2) is 61.1 Å². The second-order valence-corrected chi connectivity index (χ2v) is 8.19. The fourth-order valence-corrected chi connectivity index (χ4v) is 4.39.